The molecule has 4 heteroatoms. The Morgan fingerprint density at radius 3 is 2.13 bits per heavy atom. The molecule has 1 aliphatic heterocycles. The van der Waals surface area contributed by atoms with Gasteiger partial charge in [0.2, 0.25) is 11.2 Å². The van der Waals surface area contributed by atoms with Gasteiger partial charge in [0.1, 0.15) is 4.70 Å². The predicted octanol–water partition coefficient (Wildman–Crippen LogP) is 9.74. The molecule has 192 valence electrons. The van der Waals surface area contributed by atoms with Gasteiger partial charge >= 0.3 is 0 Å². The first kappa shape index (κ1) is 24.4. The number of aryl methyl sites for hydroxylation is 4. The first-order chi connectivity index (χ1) is 18.9. The molecule has 2 aliphatic rings. The van der Waals surface area contributed by atoms with Crippen molar-refractivity contribution in [3.8, 4) is 5.69 Å². The standard InChI is InChI=1S/C35H31N2S2/c1-22-5-13-28(14-6-22)36-30-17-9-24(3)19-32(30)38-34(36)26-11-12-27(21-26)35-37(29-15-7-23(2)8-16-29)31-18-10-25(4)20-33(31)39-35/h5-10,13-21H,11-12H2,1-4H3/q+1. The highest BCUT2D eigenvalue weighted by Gasteiger charge is 2.33. The molecule has 2 nitrogen and oxygen atoms in total. The topological polar surface area (TPSA) is 7.12 Å². The summed E-state index contributed by atoms with van der Waals surface area (Å²) >= 11 is 3.84. The lowest BCUT2D eigenvalue weighted by Crippen LogP contribution is -2.32. The molecule has 1 aromatic heterocycles. The van der Waals surface area contributed by atoms with Crippen molar-refractivity contribution in [1.82, 2.24) is 0 Å². The van der Waals surface area contributed by atoms with Gasteiger partial charge in [0.25, 0.3) is 5.01 Å². The van der Waals surface area contributed by atoms with Crippen LogP contribution in [0.15, 0.2) is 107 Å². The molecule has 0 saturated carbocycles. The van der Waals surface area contributed by atoms with E-state index >= 15 is 0 Å². The van der Waals surface area contributed by atoms with Gasteiger partial charge in [-0.05, 0) is 93.6 Å². The third-order valence-electron chi connectivity index (χ3n) is 7.68. The molecule has 1 aliphatic carbocycles. The molecule has 7 rings (SSSR count). The van der Waals surface area contributed by atoms with Crippen molar-refractivity contribution in [3.05, 3.63) is 129 Å². The maximum Gasteiger partial charge on any atom is 0.271 e. The Balaban J connectivity index is 1.39. The zero-order valence-corrected chi connectivity index (χ0v) is 24.4. The number of thioether (sulfide) groups is 1. The molecule has 0 fully saturated rings. The SMILES string of the molecule is Cc1ccc(N2/C(=C3\C=C(c4sc5cc(C)ccc5[n+]4-c4ccc(C)cc4)CC3)Sc3cc(C)ccc32)cc1. The molecule has 0 N–H and O–H groups in total. The Kier molecular flexibility index (Phi) is 5.98. The normalized spacial score (nSPS) is 16.7. The van der Waals surface area contributed by atoms with E-state index in [0.29, 0.717) is 0 Å². The van der Waals surface area contributed by atoms with E-state index in [1.807, 2.05) is 23.1 Å². The van der Waals surface area contributed by atoms with Crippen LogP contribution in [0.4, 0.5) is 11.4 Å². The lowest BCUT2D eigenvalue weighted by atomic mass is 10.1. The number of allylic oxidation sites excluding steroid dienone is 3. The highest BCUT2D eigenvalue weighted by molar-refractivity contribution is 8.03. The third kappa shape index (κ3) is 4.32. The predicted molar refractivity (Wildman–Crippen MR) is 167 cm³/mol. The Morgan fingerprint density at radius 2 is 1.36 bits per heavy atom. The van der Waals surface area contributed by atoms with Crippen LogP contribution in [-0.2, 0) is 0 Å². The largest absolute Gasteiger partial charge is 0.303 e. The number of hydrogen-bond acceptors (Lipinski definition) is 3. The fraction of sp³-hybridized carbons (Fsp3) is 0.171. The van der Waals surface area contributed by atoms with Gasteiger partial charge in [0.15, 0.2) is 0 Å². The molecule has 0 bridgehead atoms. The van der Waals surface area contributed by atoms with Crippen LogP contribution >= 0.6 is 23.1 Å². The van der Waals surface area contributed by atoms with Crippen molar-refractivity contribution < 1.29 is 4.57 Å². The average Bonchev–Trinajstić information content (AvgIpc) is 3.64. The van der Waals surface area contributed by atoms with Crippen molar-refractivity contribution in [2.75, 3.05) is 4.90 Å². The summed E-state index contributed by atoms with van der Waals surface area (Å²) in [6, 6.07) is 31.6. The summed E-state index contributed by atoms with van der Waals surface area (Å²) in [7, 11) is 0. The van der Waals surface area contributed by atoms with Gasteiger partial charge in [-0.1, -0.05) is 70.6 Å². The monoisotopic (exact) mass is 543 g/mol. The van der Waals surface area contributed by atoms with E-state index in [-0.39, 0.29) is 0 Å². The van der Waals surface area contributed by atoms with Crippen LogP contribution in [-0.4, -0.2) is 0 Å². The van der Waals surface area contributed by atoms with Gasteiger partial charge in [0, 0.05) is 34.4 Å². The maximum atomic E-state index is 2.48. The smallest absolute Gasteiger partial charge is 0.271 e. The average molecular weight is 544 g/mol. The summed E-state index contributed by atoms with van der Waals surface area (Å²) in [6.07, 6.45) is 4.58. The summed E-state index contributed by atoms with van der Waals surface area (Å²) < 4.78 is 3.81. The minimum atomic E-state index is 1.05. The van der Waals surface area contributed by atoms with E-state index in [0.717, 1.165) is 12.8 Å². The Hall–Kier alpha value is -3.60. The number of anilines is 2. The van der Waals surface area contributed by atoms with E-state index in [9.17, 15) is 0 Å². The lowest BCUT2D eigenvalue weighted by molar-refractivity contribution is -0.564. The van der Waals surface area contributed by atoms with E-state index in [2.05, 4.69) is 128 Å². The molecule has 0 spiro atoms. The molecule has 0 radical (unpaired) electrons. The molecule has 0 unspecified atom stereocenters. The van der Waals surface area contributed by atoms with E-state index < -0.39 is 0 Å². The van der Waals surface area contributed by atoms with Crippen molar-refractivity contribution in [2.24, 2.45) is 0 Å². The van der Waals surface area contributed by atoms with Gasteiger partial charge in [-0.3, -0.25) is 0 Å². The number of nitrogens with zero attached hydrogens (tertiary/aromatic N) is 2. The Bertz CT molecular complexity index is 1800. The van der Waals surface area contributed by atoms with E-state index in [1.54, 1.807) is 0 Å². The Labute approximate surface area is 238 Å². The quantitative estimate of drug-likeness (QED) is 0.209. The van der Waals surface area contributed by atoms with Gasteiger partial charge in [-0.15, -0.1) is 4.57 Å². The van der Waals surface area contributed by atoms with Crippen molar-refractivity contribution >= 4 is 50.3 Å². The van der Waals surface area contributed by atoms with Crippen molar-refractivity contribution in [3.63, 3.8) is 0 Å². The molecule has 39 heavy (non-hydrogen) atoms. The molecule has 2 heterocycles. The second-order valence-electron chi connectivity index (χ2n) is 10.8. The summed E-state index contributed by atoms with van der Waals surface area (Å²) in [5, 5.41) is 2.68. The fourth-order valence-electron chi connectivity index (χ4n) is 5.57. The second-order valence-corrected chi connectivity index (χ2v) is 12.9. The summed E-state index contributed by atoms with van der Waals surface area (Å²) in [6.45, 7) is 8.67. The maximum absolute atomic E-state index is 2.48. The van der Waals surface area contributed by atoms with E-state index in [1.165, 1.54) is 75.6 Å². The second kappa shape index (κ2) is 9.55. The number of fused-ring (bicyclic) bond motifs is 2. The number of thiazole rings is 1. The van der Waals surface area contributed by atoms with E-state index in [4.69, 9.17) is 0 Å². The number of hydrogen-bond donors (Lipinski definition) is 0. The van der Waals surface area contributed by atoms with Crippen LogP contribution < -0.4 is 9.47 Å². The number of benzene rings is 4. The molecule has 5 aromatic rings. The zero-order chi connectivity index (χ0) is 26.7. The highest BCUT2D eigenvalue weighted by atomic mass is 32.2. The van der Waals surface area contributed by atoms with Crippen LogP contribution in [0.2, 0.25) is 0 Å². The summed E-state index contributed by atoms with van der Waals surface area (Å²) in [4.78, 5) is 3.81. The van der Waals surface area contributed by atoms with Crippen LogP contribution in [0.5, 0.6) is 0 Å². The zero-order valence-electron chi connectivity index (χ0n) is 22.8. The van der Waals surface area contributed by atoms with Crippen molar-refractivity contribution in [2.45, 2.75) is 45.4 Å². The molecule has 4 aromatic carbocycles. The van der Waals surface area contributed by atoms with Gasteiger partial charge in [0.05, 0.1) is 10.7 Å². The van der Waals surface area contributed by atoms with Crippen LogP contribution in [0.1, 0.15) is 40.1 Å². The van der Waals surface area contributed by atoms with Gasteiger partial charge in [-0.2, -0.15) is 0 Å². The Morgan fingerprint density at radius 1 is 0.692 bits per heavy atom. The van der Waals surface area contributed by atoms with Gasteiger partial charge in [-0.25, -0.2) is 0 Å². The van der Waals surface area contributed by atoms with Crippen LogP contribution in [0.25, 0.3) is 21.5 Å². The molecular weight excluding hydrogens is 513 g/mol. The molecular formula is C35H31N2S2+. The number of rotatable bonds is 3. The first-order valence-corrected chi connectivity index (χ1v) is 15.2. The van der Waals surface area contributed by atoms with Crippen LogP contribution in [0, 0.1) is 27.7 Å². The van der Waals surface area contributed by atoms with Crippen molar-refractivity contribution in [1.29, 1.82) is 0 Å². The fourth-order valence-corrected chi connectivity index (χ4v) is 8.18. The molecule has 0 amide bonds. The number of aromatic nitrogens is 1. The minimum Gasteiger partial charge on any atom is -0.303 e. The molecule has 0 saturated heterocycles. The third-order valence-corrected chi connectivity index (χ3v) is 10.0. The summed E-state index contributed by atoms with van der Waals surface area (Å²) in [5.74, 6) is 0. The highest BCUT2D eigenvalue weighted by Crippen LogP contribution is 2.53. The summed E-state index contributed by atoms with van der Waals surface area (Å²) in [5.41, 5.74) is 13.1. The van der Waals surface area contributed by atoms with Crippen LogP contribution in [0.3, 0.4) is 0 Å². The van der Waals surface area contributed by atoms with Gasteiger partial charge < -0.3 is 4.90 Å². The molecule has 0 atom stereocenters. The first-order valence-electron chi connectivity index (χ1n) is 13.6. The lowest BCUT2D eigenvalue weighted by Gasteiger charge is -2.22. The minimum absolute atomic E-state index is 1.05.